The lowest BCUT2D eigenvalue weighted by atomic mass is 9.71. The van der Waals surface area contributed by atoms with Crippen LogP contribution in [0, 0.1) is 17.2 Å². The lowest BCUT2D eigenvalue weighted by Gasteiger charge is -2.34. The molecule has 2 heterocycles. The summed E-state index contributed by atoms with van der Waals surface area (Å²) in [5, 5.41) is 4.14. The number of benzene rings is 2. The molecule has 0 bridgehead atoms. The summed E-state index contributed by atoms with van der Waals surface area (Å²) < 4.78 is 25.7. The van der Waals surface area contributed by atoms with Crippen LogP contribution in [-0.2, 0) is 24.2 Å². The van der Waals surface area contributed by atoms with Crippen molar-refractivity contribution in [3.05, 3.63) is 75.4 Å². The minimum atomic E-state index is -0.297. The van der Waals surface area contributed by atoms with Crippen molar-refractivity contribution in [1.82, 2.24) is 0 Å². The minimum absolute atomic E-state index is 0.0355. The molecule has 1 aliphatic heterocycles. The number of ether oxygens (including phenoxy) is 2. The van der Waals surface area contributed by atoms with Gasteiger partial charge in [-0.1, -0.05) is 45.0 Å². The Morgan fingerprint density at radius 1 is 1.11 bits per heavy atom. The van der Waals surface area contributed by atoms with E-state index < -0.39 is 0 Å². The number of rotatable bonds is 5. The van der Waals surface area contributed by atoms with Crippen LogP contribution in [0.4, 0.5) is 9.39 Å². The Kier molecular flexibility index (Phi) is 6.34. The molecule has 2 aromatic carbocycles. The van der Waals surface area contributed by atoms with Crippen molar-refractivity contribution < 1.29 is 18.7 Å². The lowest BCUT2D eigenvalue weighted by molar-refractivity contribution is -0.116. The Morgan fingerprint density at radius 3 is 2.66 bits per heavy atom. The summed E-state index contributed by atoms with van der Waals surface area (Å²) in [4.78, 5) is 14.1. The number of halogens is 1. The highest BCUT2D eigenvalue weighted by molar-refractivity contribution is 7.16. The van der Waals surface area contributed by atoms with Crippen molar-refractivity contribution in [2.24, 2.45) is 11.3 Å². The van der Waals surface area contributed by atoms with Gasteiger partial charge in [0.25, 0.3) is 0 Å². The van der Waals surface area contributed by atoms with Gasteiger partial charge in [-0.2, -0.15) is 0 Å². The van der Waals surface area contributed by atoms with Crippen LogP contribution in [0.3, 0.4) is 0 Å². The number of amides is 1. The van der Waals surface area contributed by atoms with Crippen molar-refractivity contribution in [3.8, 4) is 11.5 Å². The van der Waals surface area contributed by atoms with Gasteiger partial charge in [0.2, 0.25) is 5.91 Å². The Labute approximate surface area is 210 Å². The highest BCUT2D eigenvalue weighted by Crippen LogP contribution is 2.50. The van der Waals surface area contributed by atoms with Gasteiger partial charge in [-0.15, -0.1) is 11.3 Å². The van der Waals surface area contributed by atoms with Gasteiger partial charge < -0.3 is 14.8 Å². The van der Waals surface area contributed by atoms with Crippen LogP contribution >= 0.6 is 11.3 Å². The van der Waals surface area contributed by atoms with Crippen LogP contribution in [0.1, 0.15) is 66.7 Å². The van der Waals surface area contributed by atoms with E-state index in [0.29, 0.717) is 29.4 Å². The molecule has 0 spiro atoms. The fourth-order valence-electron chi connectivity index (χ4n) is 5.35. The summed E-state index contributed by atoms with van der Waals surface area (Å²) in [7, 11) is 1.60. The number of carbonyl (C=O) groups excluding carboxylic acids is 1. The highest BCUT2D eigenvalue weighted by atomic mass is 32.1. The summed E-state index contributed by atoms with van der Waals surface area (Å²) in [5.74, 6) is 1.49. The van der Waals surface area contributed by atoms with E-state index in [9.17, 15) is 9.18 Å². The van der Waals surface area contributed by atoms with Crippen molar-refractivity contribution in [2.45, 2.75) is 59.0 Å². The van der Waals surface area contributed by atoms with Crippen LogP contribution in [0.15, 0.2) is 42.5 Å². The fraction of sp³-hybridized carbons (Fsp3) is 0.414. The third-order valence-electron chi connectivity index (χ3n) is 7.45. The molecule has 184 valence electrons. The number of hydrogen-bond acceptors (Lipinski definition) is 4. The zero-order valence-corrected chi connectivity index (χ0v) is 21.6. The minimum Gasteiger partial charge on any atom is -0.493 e. The number of carbonyl (C=O) groups is 1. The van der Waals surface area contributed by atoms with E-state index in [1.165, 1.54) is 28.5 Å². The van der Waals surface area contributed by atoms with E-state index in [-0.39, 0.29) is 29.7 Å². The quantitative estimate of drug-likeness (QED) is 0.412. The van der Waals surface area contributed by atoms with Crippen LogP contribution < -0.4 is 14.8 Å². The molecular formula is C29H32FNO3S. The third kappa shape index (κ3) is 4.68. The monoisotopic (exact) mass is 493 g/mol. The Bertz CT molecular complexity index is 1260. The molecule has 2 aliphatic rings. The van der Waals surface area contributed by atoms with Gasteiger partial charge >= 0.3 is 0 Å². The summed E-state index contributed by atoms with van der Waals surface area (Å²) >= 11 is 1.75. The van der Waals surface area contributed by atoms with Gasteiger partial charge in [-0.25, -0.2) is 4.39 Å². The molecule has 2 atom stereocenters. The van der Waals surface area contributed by atoms with Crippen LogP contribution in [-0.4, -0.2) is 13.0 Å². The predicted molar refractivity (Wildman–Crippen MR) is 138 cm³/mol. The van der Waals surface area contributed by atoms with Gasteiger partial charge in [-0.05, 0) is 65.5 Å². The van der Waals surface area contributed by atoms with Crippen molar-refractivity contribution in [3.63, 3.8) is 0 Å². The first-order valence-corrected chi connectivity index (χ1v) is 13.0. The second kappa shape index (κ2) is 9.30. The number of thiophene rings is 1. The number of fused-ring (bicyclic) bond motifs is 3. The maximum absolute atomic E-state index is 14.1. The standard InChI is InChI=1S/C29H32FNO3S/c1-29(2,3)19-10-11-20-25(14-19)35-28-27(20)21(15-26(32)31-28)17-9-12-23(33-4)24(13-17)34-16-18-7-5-6-8-22(18)30/h5-9,12-13,19,21H,10-11,14-16H2,1-4H3,(H,31,32)/t19-,21+/m1/s1. The molecule has 0 saturated carbocycles. The molecular weight excluding hydrogens is 461 g/mol. The molecule has 6 heteroatoms. The second-order valence-corrected chi connectivity index (χ2v) is 11.8. The Balaban J connectivity index is 1.48. The predicted octanol–water partition coefficient (Wildman–Crippen LogP) is 7.10. The molecule has 0 radical (unpaired) electrons. The third-order valence-corrected chi connectivity index (χ3v) is 8.64. The smallest absolute Gasteiger partial charge is 0.225 e. The molecule has 1 N–H and O–H groups in total. The number of anilines is 1. The molecule has 1 amide bonds. The maximum atomic E-state index is 14.1. The zero-order valence-electron chi connectivity index (χ0n) is 20.7. The van der Waals surface area contributed by atoms with Crippen molar-refractivity contribution >= 4 is 22.2 Å². The molecule has 3 aromatic rings. The van der Waals surface area contributed by atoms with E-state index >= 15 is 0 Å². The summed E-state index contributed by atoms with van der Waals surface area (Å²) in [5.41, 5.74) is 4.46. The molecule has 0 saturated heterocycles. The topological polar surface area (TPSA) is 47.6 Å². The SMILES string of the molecule is COc1ccc([C@@H]2CC(=O)Nc3sc4c(c32)CC[C@@H](C(C)(C)C)C4)cc1OCc1ccccc1F. The average Bonchev–Trinajstić information content (AvgIpc) is 3.19. The van der Waals surface area contributed by atoms with E-state index in [2.05, 4.69) is 26.1 Å². The molecule has 1 aliphatic carbocycles. The van der Waals surface area contributed by atoms with Crippen LogP contribution in [0.5, 0.6) is 11.5 Å². The van der Waals surface area contributed by atoms with E-state index in [4.69, 9.17) is 9.47 Å². The maximum Gasteiger partial charge on any atom is 0.225 e. The summed E-state index contributed by atoms with van der Waals surface area (Å²) in [6.45, 7) is 7.06. The Morgan fingerprint density at radius 2 is 1.91 bits per heavy atom. The van der Waals surface area contributed by atoms with Gasteiger partial charge in [0, 0.05) is 22.8 Å². The van der Waals surface area contributed by atoms with E-state index in [1.54, 1.807) is 36.6 Å². The fourth-order valence-corrected chi connectivity index (χ4v) is 6.76. The molecule has 4 nitrogen and oxygen atoms in total. The van der Waals surface area contributed by atoms with Gasteiger partial charge in [0.15, 0.2) is 11.5 Å². The van der Waals surface area contributed by atoms with E-state index in [0.717, 1.165) is 23.4 Å². The largest absolute Gasteiger partial charge is 0.493 e. The van der Waals surface area contributed by atoms with Gasteiger partial charge in [0.05, 0.1) is 12.1 Å². The summed E-state index contributed by atoms with van der Waals surface area (Å²) in [6, 6.07) is 12.5. The lowest BCUT2D eigenvalue weighted by Crippen LogP contribution is -2.27. The summed E-state index contributed by atoms with van der Waals surface area (Å²) in [6.07, 6.45) is 3.68. The van der Waals surface area contributed by atoms with Gasteiger partial charge in [0.1, 0.15) is 12.4 Å². The number of nitrogens with one attached hydrogen (secondary N) is 1. The first kappa shape index (κ1) is 23.9. The number of hydrogen-bond donors (Lipinski definition) is 1. The van der Waals surface area contributed by atoms with Crippen LogP contribution in [0.2, 0.25) is 0 Å². The molecule has 0 unspecified atom stereocenters. The highest BCUT2D eigenvalue weighted by Gasteiger charge is 2.37. The first-order chi connectivity index (χ1) is 16.7. The van der Waals surface area contributed by atoms with Crippen molar-refractivity contribution in [1.29, 1.82) is 0 Å². The van der Waals surface area contributed by atoms with Gasteiger partial charge in [-0.3, -0.25) is 4.79 Å². The Hall–Kier alpha value is -2.86. The zero-order chi connectivity index (χ0) is 24.7. The molecule has 5 rings (SSSR count). The first-order valence-electron chi connectivity index (χ1n) is 12.2. The van der Waals surface area contributed by atoms with Crippen LogP contribution in [0.25, 0.3) is 0 Å². The molecule has 35 heavy (non-hydrogen) atoms. The normalized spacial score (nSPS) is 19.5. The molecule has 1 aromatic heterocycles. The second-order valence-electron chi connectivity index (χ2n) is 10.6. The van der Waals surface area contributed by atoms with Crippen molar-refractivity contribution in [2.75, 3.05) is 12.4 Å². The molecule has 0 fully saturated rings. The number of methoxy groups -OCH3 is 1. The average molecular weight is 494 g/mol. The van der Waals surface area contributed by atoms with E-state index in [1.807, 2.05) is 18.2 Å².